The lowest BCUT2D eigenvalue weighted by Crippen LogP contribution is -2.68. The maximum Gasteiger partial charge on any atom is 0.136 e. The van der Waals surface area contributed by atoms with E-state index in [1.54, 1.807) is 0 Å². The number of rotatable bonds is 11. The molecule has 0 aromatic carbocycles. The van der Waals surface area contributed by atoms with Gasteiger partial charge in [-0.05, 0) is 78.6 Å². The zero-order valence-corrected chi connectivity index (χ0v) is 21.6. The molecule has 1 fully saturated rings. The van der Waals surface area contributed by atoms with Gasteiger partial charge in [0.05, 0.1) is 18.0 Å². The van der Waals surface area contributed by atoms with Crippen LogP contribution in [0.5, 0.6) is 0 Å². The summed E-state index contributed by atoms with van der Waals surface area (Å²) in [6.45, 7) is 11.0. The summed E-state index contributed by atoms with van der Waals surface area (Å²) in [7, 11) is 4.45. The van der Waals surface area contributed by atoms with Crippen molar-refractivity contribution in [3.63, 3.8) is 0 Å². The van der Waals surface area contributed by atoms with E-state index >= 15 is 0 Å². The van der Waals surface area contributed by atoms with Gasteiger partial charge in [0.1, 0.15) is 12.5 Å². The van der Waals surface area contributed by atoms with Crippen LogP contribution in [0.15, 0.2) is 23.2 Å². The molecule has 8 nitrogen and oxygen atoms in total. The fourth-order valence-corrected chi connectivity index (χ4v) is 5.15. The molecule has 2 aliphatic heterocycles. The Balaban J connectivity index is 1.83. The average Bonchev–Trinajstić information content (AvgIpc) is 2.81. The smallest absolute Gasteiger partial charge is 0.136 e. The van der Waals surface area contributed by atoms with Crippen molar-refractivity contribution in [1.82, 2.24) is 31.1 Å². The molecule has 0 aromatic rings. The Labute approximate surface area is 201 Å². The van der Waals surface area contributed by atoms with Gasteiger partial charge in [0, 0.05) is 30.9 Å². The third kappa shape index (κ3) is 7.33. The van der Waals surface area contributed by atoms with Crippen molar-refractivity contribution in [3.05, 3.63) is 23.2 Å². The zero-order valence-electron chi connectivity index (χ0n) is 21.6. The predicted molar refractivity (Wildman–Crippen MR) is 136 cm³/mol. The fraction of sp³-hybridized carbons (Fsp3) is 0.840. The first-order valence-corrected chi connectivity index (χ1v) is 13.1. The van der Waals surface area contributed by atoms with Crippen molar-refractivity contribution in [3.8, 4) is 0 Å². The first kappa shape index (κ1) is 26.3. The van der Waals surface area contributed by atoms with Crippen LogP contribution in [0.1, 0.15) is 59.3 Å². The number of nitrogens with two attached hydrogens (primary N) is 1. The third-order valence-electron chi connectivity index (χ3n) is 7.36. The van der Waals surface area contributed by atoms with Gasteiger partial charge in [-0.2, -0.15) is 0 Å². The molecule has 0 bridgehead atoms. The molecule has 0 aromatic heterocycles. The van der Waals surface area contributed by atoms with Gasteiger partial charge in [0.25, 0.3) is 0 Å². The molecule has 1 aliphatic carbocycles. The third-order valence-corrected chi connectivity index (χ3v) is 7.36. The normalized spacial score (nSPS) is 28.5. The first-order valence-electron chi connectivity index (χ1n) is 13.1. The van der Waals surface area contributed by atoms with E-state index in [-0.39, 0.29) is 18.5 Å². The topological polar surface area (TPSA) is 89.9 Å². The van der Waals surface area contributed by atoms with E-state index in [1.807, 2.05) is 6.92 Å². The molecule has 2 heterocycles. The molecule has 0 radical (unpaired) electrons. The zero-order chi connectivity index (χ0) is 23.8. The second kappa shape index (κ2) is 13.0. The number of piperidine rings is 1. The SMILES string of the molecule is CCOCCNC1=C(C(N)CC)NC(N(C)C2CCN(C)CC2)NC1NC1=CC(C)CCC1. The van der Waals surface area contributed by atoms with Crippen molar-refractivity contribution in [1.29, 1.82) is 0 Å². The van der Waals surface area contributed by atoms with Gasteiger partial charge >= 0.3 is 0 Å². The van der Waals surface area contributed by atoms with Crippen LogP contribution in [0.2, 0.25) is 0 Å². The summed E-state index contributed by atoms with van der Waals surface area (Å²) in [5.74, 6) is 0.622. The second-order valence-electron chi connectivity index (χ2n) is 10.0. The van der Waals surface area contributed by atoms with Gasteiger partial charge in [0.2, 0.25) is 0 Å². The number of nitrogens with one attached hydrogen (secondary N) is 4. The molecule has 4 unspecified atom stereocenters. The lowest BCUT2D eigenvalue weighted by molar-refractivity contribution is 0.0641. The van der Waals surface area contributed by atoms with Crippen LogP contribution >= 0.6 is 0 Å². The van der Waals surface area contributed by atoms with Crippen molar-refractivity contribution in [2.45, 2.75) is 83.8 Å². The van der Waals surface area contributed by atoms with E-state index in [0.717, 1.165) is 50.5 Å². The molecule has 4 atom stereocenters. The molecule has 3 rings (SSSR count). The number of hydrogen-bond donors (Lipinski definition) is 5. The molecule has 1 saturated heterocycles. The maximum absolute atomic E-state index is 6.66. The molecular weight excluding hydrogens is 414 g/mol. The van der Waals surface area contributed by atoms with Crippen LogP contribution < -0.4 is 27.0 Å². The monoisotopic (exact) mass is 463 g/mol. The van der Waals surface area contributed by atoms with Crippen molar-refractivity contribution in [2.24, 2.45) is 11.7 Å². The van der Waals surface area contributed by atoms with Crippen LogP contribution in [-0.2, 0) is 4.74 Å². The van der Waals surface area contributed by atoms with E-state index in [4.69, 9.17) is 10.5 Å². The molecule has 0 saturated carbocycles. The van der Waals surface area contributed by atoms with E-state index in [0.29, 0.717) is 18.6 Å². The highest BCUT2D eigenvalue weighted by atomic mass is 16.5. The van der Waals surface area contributed by atoms with Crippen molar-refractivity contribution >= 4 is 0 Å². The fourth-order valence-electron chi connectivity index (χ4n) is 5.15. The van der Waals surface area contributed by atoms with E-state index < -0.39 is 0 Å². The lowest BCUT2D eigenvalue weighted by Gasteiger charge is -2.46. The number of nitrogens with zero attached hydrogens (tertiary/aromatic N) is 2. The summed E-state index contributed by atoms with van der Waals surface area (Å²) in [5.41, 5.74) is 10.2. The molecule has 0 spiro atoms. The van der Waals surface area contributed by atoms with Crippen LogP contribution in [0.4, 0.5) is 0 Å². The Bertz CT molecular complexity index is 659. The van der Waals surface area contributed by atoms with E-state index in [9.17, 15) is 0 Å². The average molecular weight is 464 g/mol. The van der Waals surface area contributed by atoms with Crippen molar-refractivity contribution in [2.75, 3.05) is 46.9 Å². The summed E-state index contributed by atoms with van der Waals surface area (Å²) in [5, 5.41) is 15.1. The summed E-state index contributed by atoms with van der Waals surface area (Å²) >= 11 is 0. The van der Waals surface area contributed by atoms with Gasteiger partial charge in [-0.3, -0.25) is 10.2 Å². The van der Waals surface area contributed by atoms with Crippen LogP contribution in [0.25, 0.3) is 0 Å². The van der Waals surface area contributed by atoms with Crippen LogP contribution in [0, 0.1) is 5.92 Å². The summed E-state index contributed by atoms with van der Waals surface area (Å²) < 4.78 is 5.59. The van der Waals surface area contributed by atoms with Gasteiger partial charge in [0.15, 0.2) is 0 Å². The van der Waals surface area contributed by atoms with Crippen molar-refractivity contribution < 1.29 is 4.74 Å². The number of allylic oxidation sites excluding steroid dienone is 2. The molecule has 190 valence electrons. The number of hydrogen-bond acceptors (Lipinski definition) is 8. The Kier molecular flexibility index (Phi) is 10.3. The summed E-state index contributed by atoms with van der Waals surface area (Å²) in [6, 6.07) is 0.506. The molecule has 33 heavy (non-hydrogen) atoms. The predicted octanol–water partition coefficient (Wildman–Crippen LogP) is 1.68. The number of ether oxygens (including phenoxy) is 1. The highest BCUT2D eigenvalue weighted by molar-refractivity contribution is 5.26. The van der Waals surface area contributed by atoms with Gasteiger partial charge in [-0.1, -0.05) is 19.9 Å². The Hall–Kier alpha value is -1.32. The van der Waals surface area contributed by atoms with Gasteiger partial charge in [-0.25, -0.2) is 0 Å². The van der Waals surface area contributed by atoms with Gasteiger partial charge in [-0.15, -0.1) is 0 Å². The highest BCUT2D eigenvalue weighted by Gasteiger charge is 2.35. The summed E-state index contributed by atoms with van der Waals surface area (Å²) in [6.07, 6.45) is 9.29. The Morgan fingerprint density at radius 3 is 2.70 bits per heavy atom. The Morgan fingerprint density at radius 2 is 2.03 bits per heavy atom. The Morgan fingerprint density at radius 1 is 1.27 bits per heavy atom. The van der Waals surface area contributed by atoms with Gasteiger partial charge < -0.3 is 31.3 Å². The molecular formula is C25H49N7O. The first-order chi connectivity index (χ1) is 15.9. The quantitative estimate of drug-likeness (QED) is 0.296. The minimum absolute atomic E-state index is 0.0178. The van der Waals surface area contributed by atoms with Crippen LogP contribution in [-0.4, -0.2) is 81.3 Å². The van der Waals surface area contributed by atoms with E-state index in [1.165, 1.54) is 31.4 Å². The minimum atomic E-state index is -0.0429. The molecule has 6 N–H and O–H groups in total. The highest BCUT2D eigenvalue weighted by Crippen LogP contribution is 2.24. The molecule has 8 heteroatoms. The van der Waals surface area contributed by atoms with E-state index in [2.05, 4.69) is 65.1 Å². The minimum Gasteiger partial charge on any atom is -0.382 e. The lowest BCUT2D eigenvalue weighted by atomic mass is 9.95. The maximum atomic E-state index is 6.66. The number of likely N-dealkylation sites (tertiary alicyclic amines) is 1. The largest absolute Gasteiger partial charge is 0.382 e. The summed E-state index contributed by atoms with van der Waals surface area (Å²) in [4.78, 5) is 4.89. The molecule has 0 amide bonds. The van der Waals surface area contributed by atoms with Crippen LogP contribution in [0.3, 0.4) is 0 Å². The second-order valence-corrected chi connectivity index (χ2v) is 10.0. The standard InChI is InChI=1S/C25H49N7O/c1-6-21(26)22-23(27-13-16-33-7-2)24(28-19-10-8-9-18(3)17-19)30-25(29-22)32(5)20-11-14-31(4)15-12-20/h17-18,20-21,24-25,27-30H,6-16,26H2,1-5H3. The molecule has 3 aliphatic rings.